The number of anilines is 1. The van der Waals surface area contributed by atoms with Crippen LogP contribution in [0.25, 0.3) is 0 Å². The summed E-state index contributed by atoms with van der Waals surface area (Å²) in [6.07, 6.45) is 0.616. The van der Waals surface area contributed by atoms with Crippen molar-refractivity contribution >= 4 is 23.6 Å². The Hall–Kier alpha value is -2.51. The van der Waals surface area contributed by atoms with Crippen LogP contribution in [0.4, 0.5) is 10.5 Å². The van der Waals surface area contributed by atoms with Crippen molar-refractivity contribution in [3.63, 3.8) is 0 Å². The number of aromatic amines is 1. The third-order valence-electron chi connectivity index (χ3n) is 2.30. The van der Waals surface area contributed by atoms with Gasteiger partial charge in [-0.25, -0.2) is 9.59 Å². The Morgan fingerprint density at radius 2 is 2.11 bits per heavy atom. The number of rotatable bonds is 6. The van der Waals surface area contributed by atoms with Gasteiger partial charge in [-0.2, -0.15) is 0 Å². The molecule has 0 aliphatic heterocycles. The molecule has 0 spiro atoms. The van der Waals surface area contributed by atoms with E-state index < -0.39 is 17.9 Å². The SMILES string of the molecule is Cc1cc(NC(=O)NCCCC(N)=O)c(C(=O)O)[nH]1. The monoisotopic (exact) mass is 268 g/mol. The molecule has 104 valence electrons. The number of hydrogen-bond donors (Lipinski definition) is 5. The Bertz CT molecular complexity index is 495. The van der Waals surface area contributed by atoms with Gasteiger partial charge in [-0.15, -0.1) is 0 Å². The molecule has 1 heterocycles. The van der Waals surface area contributed by atoms with Gasteiger partial charge in [0.05, 0.1) is 5.69 Å². The zero-order valence-electron chi connectivity index (χ0n) is 10.4. The van der Waals surface area contributed by atoms with Crippen LogP contribution >= 0.6 is 0 Å². The second-order valence-electron chi connectivity index (χ2n) is 4.00. The number of aromatic carboxylic acids is 1. The fraction of sp³-hybridized carbons (Fsp3) is 0.364. The summed E-state index contributed by atoms with van der Waals surface area (Å²) in [4.78, 5) is 35.5. The highest BCUT2D eigenvalue weighted by molar-refractivity contribution is 5.99. The Kier molecular flexibility index (Phi) is 4.92. The Balaban J connectivity index is 2.48. The molecule has 0 aromatic carbocycles. The molecule has 0 unspecified atom stereocenters. The minimum Gasteiger partial charge on any atom is -0.477 e. The predicted molar refractivity (Wildman–Crippen MR) is 67.9 cm³/mol. The number of primary amides is 1. The first-order valence-electron chi connectivity index (χ1n) is 5.66. The van der Waals surface area contributed by atoms with Gasteiger partial charge in [-0.1, -0.05) is 0 Å². The van der Waals surface area contributed by atoms with Crippen LogP contribution in [0.1, 0.15) is 29.0 Å². The fourth-order valence-corrected chi connectivity index (χ4v) is 1.49. The molecule has 3 amide bonds. The number of nitrogens with one attached hydrogen (secondary N) is 3. The molecule has 8 heteroatoms. The maximum absolute atomic E-state index is 11.5. The molecular formula is C11H16N4O4. The maximum Gasteiger partial charge on any atom is 0.354 e. The summed E-state index contributed by atoms with van der Waals surface area (Å²) in [6.45, 7) is 1.96. The van der Waals surface area contributed by atoms with Crippen LogP contribution in [-0.2, 0) is 4.79 Å². The normalized spacial score (nSPS) is 9.95. The molecule has 1 aromatic rings. The summed E-state index contributed by atoms with van der Waals surface area (Å²) < 4.78 is 0. The van der Waals surface area contributed by atoms with Gasteiger partial charge in [0.25, 0.3) is 0 Å². The van der Waals surface area contributed by atoms with Crippen LogP contribution in [0.2, 0.25) is 0 Å². The van der Waals surface area contributed by atoms with E-state index in [9.17, 15) is 14.4 Å². The molecule has 19 heavy (non-hydrogen) atoms. The molecule has 6 N–H and O–H groups in total. The molecule has 0 atom stereocenters. The lowest BCUT2D eigenvalue weighted by atomic mass is 10.3. The van der Waals surface area contributed by atoms with E-state index >= 15 is 0 Å². The molecule has 1 rings (SSSR count). The van der Waals surface area contributed by atoms with E-state index in [1.54, 1.807) is 6.92 Å². The molecule has 0 fully saturated rings. The molecule has 0 radical (unpaired) electrons. The van der Waals surface area contributed by atoms with Gasteiger partial charge in [0.2, 0.25) is 5.91 Å². The van der Waals surface area contributed by atoms with Gasteiger partial charge >= 0.3 is 12.0 Å². The van der Waals surface area contributed by atoms with Gasteiger partial charge in [0, 0.05) is 18.7 Å². The summed E-state index contributed by atoms with van der Waals surface area (Å²) in [5.41, 5.74) is 5.69. The average Bonchev–Trinajstić information content (AvgIpc) is 2.65. The first-order valence-corrected chi connectivity index (χ1v) is 5.66. The summed E-state index contributed by atoms with van der Waals surface area (Å²) >= 11 is 0. The lowest BCUT2D eigenvalue weighted by molar-refractivity contribution is -0.118. The van der Waals surface area contributed by atoms with Crippen LogP contribution in [-0.4, -0.2) is 34.5 Å². The van der Waals surface area contributed by atoms with Gasteiger partial charge in [-0.3, -0.25) is 4.79 Å². The summed E-state index contributed by atoms with van der Waals surface area (Å²) in [5, 5.41) is 13.8. The van der Waals surface area contributed by atoms with Gasteiger partial charge in [0.1, 0.15) is 5.69 Å². The topological polar surface area (TPSA) is 137 Å². The standard InChI is InChI=1S/C11H16N4O4/c1-6-5-7(9(14-6)10(17)18)15-11(19)13-4-2-3-8(12)16/h5,14H,2-4H2,1H3,(H2,12,16)(H,17,18)(H2,13,15,19). The van der Waals surface area contributed by atoms with Crippen molar-refractivity contribution in [3.8, 4) is 0 Å². The average molecular weight is 268 g/mol. The quantitative estimate of drug-likeness (QED) is 0.477. The number of amides is 3. The molecule has 0 aliphatic rings. The van der Waals surface area contributed by atoms with Crippen molar-refractivity contribution in [2.45, 2.75) is 19.8 Å². The lowest BCUT2D eigenvalue weighted by Gasteiger charge is -2.06. The minimum absolute atomic E-state index is 0.0789. The van der Waals surface area contributed by atoms with Crippen molar-refractivity contribution in [2.75, 3.05) is 11.9 Å². The smallest absolute Gasteiger partial charge is 0.354 e. The third kappa shape index (κ3) is 4.70. The molecule has 0 saturated carbocycles. The third-order valence-corrected chi connectivity index (χ3v) is 2.30. The van der Waals surface area contributed by atoms with Crippen LogP contribution < -0.4 is 16.4 Å². The van der Waals surface area contributed by atoms with Gasteiger partial charge in [-0.05, 0) is 19.4 Å². The Morgan fingerprint density at radius 3 is 2.68 bits per heavy atom. The number of H-pyrrole nitrogens is 1. The Labute approximate surface area is 109 Å². The zero-order valence-corrected chi connectivity index (χ0v) is 10.4. The van der Waals surface area contributed by atoms with Crippen LogP contribution in [0.3, 0.4) is 0 Å². The van der Waals surface area contributed by atoms with Crippen LogP contribution in [0.15, 0.2) is 6.07 Å². The summed E-state index contributed by atoms with van der Waals surface area (Å²) in [7, 11) is 0. The van der Waals surface area contributed by atoms with E-state index in [0.717, 1.165) is 0 Å². The van der Waals surface area contributed by atoms with Crippen molar-refractivity contribution in [2.24, 2.45) is 5.73 Å². The van der Waals surface area contributed by atoms with E-state index in [1.807, 2.05) is 0 Å². The number of hydrogen-bond acceptors (Lipinski definition) is 3. The largest absolute Gasteiger partial charge is 0.477 e. The highest BCUT2D eigenvalue weighted by atomic mass is 16.4. The van der Waals surface area contributed by atoms with Crippen molar-refractivity contribution in [1.82, 2.24) is 10.3 Å². The molecule has 8 nitrogen and oxygen atoms in total. The number of carbonyl (C=O) groups is 3. The Morgan fingerprint density at radius 1 is 1.42 bits per heavy atom. The number of aryl methyl sites for hydroxylation is 1. The predicted octanol–water partition coefficient (Wildman–Crippen LogP) is 0.408. The van der Waals surface area contributed by atoms with E-state index in [0.29, 0.717) is 12.1 Å². The van der Waals surface area contributed by atoms with E-state index in [-0.39, 0.29) is 24.3 Å². The number of carboxylic acids is 1. The molecule has 1 aromatic heterocycles. The fourth-order valence-electron chi connectivity index (χ4n) is 1.49. The number of urea groups is 1. The number of aromatic nitrogens is 1. The number of carbonyl (C=O) groups excluding carboxylic acids is 2. The molecule has 0 aliphatic carbocycles. The summed E-state index contributed by atoms with van der Waals surface area (Å²) in [5.74, 6) is -1.59. The van der Waals surface area contributed by atoms with Crippen molar-refractivity contribution in [3.05, 3.63) is 17.5 Å². The van der Waals surface area contributed by atoms with Crippen LogP contribution in [0.5, 0.6) is 0 Å². The summed E-state index contributed by atoms with van der Waals surface area (Å²) in [6, 6.07) is 0.984. The molecule has 0 bridgehead atoms. The highest BCUT2D eigenvalue weighted by Gasteiger charge is 2.14. The second kappa shape index (κ2) is 6.43. The lowest BCUT2D eigenvalue weighted by Crippen LogP contribution is -2.30. The number of nitrogens with two attached hydrogens (primary N) is 1. The van der Waals surface area contributed by atoms with Crippen LogP contribution in [0, 0.1) is 6.92 Å². The van der Waals surface area contributed by atoms with E-state index in [1.165, 1.54) is 6.07 Å². The van der Waals surface area contributed by atoms with Gasteiger partial charge in [0.15, 0.2) is 0 Å². The van der Waals surface area contributed by atoms with E-state index in [2.05, 4.69) is 15.6 Å². The van der Waals surface area contributed by atoms with Crippen molar-refractivity contribution < 1.29 is 19.5 Å². The minimum atomic E-state index is -1.16. The second-order valence-corrected chi connectivity index (χ2v) is 4.00. The van der Waals surface area contributed by atoms with E-state index in [4.69, 9.17) is 10.8 Å². The van der Waals surface area contributed by atoms with Crippen molar-refractivity contribution in [1.29, 1.82) is 0 Å². The van der Waals surface area contributed by atoms with Gasteiger partial charge < -0.3 is 26.5 Å². The maximum atomic E-state index is 11.5. The molecule has 0 saturated heterocycles. The molecular weight excluding hydrogens is 252 g/mol. The first kappa shape index (κ1) is 14.6. The first-order chi connectivity index (χ1) is 8.90. The zero-order chi connectivity index (χ0) is 14.4. The number of carboxylic acid groups (broad SMARTS) is 1. The highest BCUT2D eigenvalue weighted by Crippen LogP contribution is 2.16.